The van der Waals surface area contributed by atoms with Gasteiger partial charge in [-0.15, -0.1) is 0 Å². The van der Waals surface area contributed by atoms with E-state index in [9.17, 15) is 14.4 Å². The van der Waals surface area contributed by atoms with Crippen LogP contribution in [0.3, 0.4) is 0 Å². The Morgan fingerprint density at radius 2 is 1.51 bits per heavy atom. The van der Waals surface area contributed by atoms with Gasteiger partial charge in [-0.1, -0.05) is 76.6 Å². The highest BCUT2D eigenvalue weighted by Gasteiger charge is 2.70. The van der Waals surface area contributed by atoms with Crippen molar-refractivity contribution in [3.05, 3.63) is 130 Å². The minimum Gasteiger partial charge on any atom is -0.497 e. The minimum absolute atomic E-state index is 0.214. The molecule has 41 heavy (non-hydrogen) atoms. The van der Waals surface area contributed by atoms with E-state index in [2.05, 4.69) is 21.2 Å². The molecule has 7 heteroatoms. The number of carbonyl (C=O) groups excluding carboxylic acids is 3. The topological polar surface area (TPSA) is 75.7 Å². The SMILES string of the molecule is COc1ccc(C(=O)[C@@H]2[C@H](C(=O)c3ccc(Br)cc3)N3c4ccccc4C=CC3[C@@]23C(=O)Nc2ccccc23)cc1. The second-order valence-corrected chi connectivity index (χ2v) is 11.4. The second-order valence-electron chi connectivity index (χ2n) is 10.5. The highest BCUT2D eigenvalue weighted by molar-refractivity contribution is 9.10. The van der Waals surface area contributed by atoms with Gasteiger partial charge in [-0.05, 0) is 59.7 Å². The first kappa shape index (κ1) is 25.5. The van der Waals surface area contributed by atoms with E-state index in [-0.39, 0.29) is 17.5 Å². The van der Waals surface area contributed by atoms with Gasteiger partial charge in [0.15, 0.2) is 11.6 Å². The Balaban J connectivity index is 1.52. The number of benzene rings is 4. The number of nitrogens with zero attached hydrogens (tertiary/aromatic N) is 1. The number of nitrogens with one attached hydrogen (secondary N) is 1. The maximum absolute atomic E-state index is 14.8. The van der Waals surface area contributed by atoms with Crippen molar-refractivity contribution < 1.29 is 19.1 Å². The van der Waals surface area contributed by atoms with Crippen LogP contribution < -0.4 is 15.0 Å². The molecule has 3 heterocycles. The first-order chi connectivity index (χ1) is 19.9. The van der Waals surface area contributed by atoms with Gasteiger partial charge < -0.3 is 15.0 Å². The molecule has 1 unspecified atom stereocenters. The Bertz CT molecular complexity index is 1750. The molecule has 0 radical (unpaired) electrons. The number of hydrogen-bond acceptors (Lipinski definition) is 5. The van der Waals surface area contributed by atoms with Gasteiger partial charge in [-0.3, -0.25) is 14.4 Å². The lowest BCUT2D eigenvalue weighted by atomic mass is 9.64. The molecule has 4 atom stereocenters. The van der Waals surface area contributed by atoms with E-state index >= 15 is 0 Å². The monoisotopic (exact) mass is 604 g/mol. The quantitative estimate of drug-likeness (QED) is 0.270. The molecule has 3 aliphatic heterocycles. The third-order valence-corrected chi connectivity index (χ3v) is 9.12. The molecule has 3 aliphatic rings. The summed E-state index contributed by atoms with van der Waals surface area (Å²) >= 11 is 3.46. The van der Waals surface area contributed by atoms with Crippen LogP contribution in [-0.2, 0) is 10.2 Å². The van der Waals surface area contributed by atoms with E-state index in [0.29, 0.717) is 22.6 Å². The predicted octanol–water partition coefficient (Wildman–Crippen LogP) is 6.31. The standard InChI is InChI=1S/C34H25BrN2O4/c1-41-24-17-12-21(13-18-24)31(38)29-30(32(39)22-10-15-23(35)16-11-22)37-27-9-5-2-6-20(27)14-19-28(37)34(29)25-7-3-4-8-26(25)36-33(34)40/h2-19,28-30H,1H3,(H,36,40)/t28?,29-,30+,34+/m0/s1. The number of hydrogen-bond donors (Lipinski definition) is 1. The van der Waals surface area contributed by atoms with E-state index in [1.165, 1.54) is 0 Å². The van der Waals surface area contributed by atoms with Crippen molar-refractivity contribution in [2.75, 3.05) is 17.3 Å². The summed E-state index contributed by atoms with van der Waals surface area (Å²) in [6, 6.07) is 27.8. The van der Waals surface area contributed by atoms with Crippen molar-refractivity contribution >= 4 is 50.9 Å². The first-order valence-corrected chi connectivity index (χ1v) is 14.2. The number of fused-ring (bicyclic) bond motifs is 6. The minimum atomic E-state index is -1.34. The lowest BCUT2D eigenvalue weighted by molar-refractivity contribution is -0.121. The summed E-state index contributed by atoms with van der Waals surface area (Å²) in [6.07, 6.45) is 3.97. The fraction of sp³-hybridized carbons (Fsp3) is 0.147. The van der Waals surface area contributed by atoms with Gasteiger partial charge >= 0.3 is 0 Å². The normalized spacial score (nSPS) is 23.5. The fourth-order valence-corrected chi connectivity index (χ4v) is 7.10. The van der Waals surface area contributed by atoms with E-state index in [4.69, 9.17) is 4.74 Å². The first-order valence-electron chi connectivity index (χ1n) is 13.4. The molecule has 1 saturated heterocycles. The molecular formula is C34H25BrN2O4. The molecule has 0 saturated carbocycles. The Labute approximate surface area is 245 Å². The predicted molar refractivity (Wildman–Crippen MR) is 162 cm³/mol. The molecule has 0 aliphatic carbocycles. The molecule has 1 fully saturated rings. The summed E-state index contributed by atoms with van der Waals surface area (Å²) in [5.41, 5.74) is 2.68. The molecule has 4 aromatic carbocycles. The number of anilines is 2. The number of Topliss-reactive ketones (excluding diaryl/α,β-unsaturated/α-hetero) is 2. The van der Waals surface area contributed by atoms with Crippen molar-refractivity contribution in [3.63, 3.8) is 0 Å². The molecule has 0 aromatic heterocycles. The van der Waals surface area contributed by atoms with Crippen LogP contribution in [-0.4, -0.2) is 36.7 Å². The lowest BCUT2D eigenvalue weighted by Gasteiger charge is -2.37. The van der Waals surface area contributed by atoms with Gasteiger partial charge in [-0.25, -0.2) is 0 Å². The number of carbonyl (C=O) groups is 3. The number of rotatable bonds is 5. The number of methoxy groups -OCH3 is 1. The molecule has 1 amide bonds. The summed E-state index contributed by atoms with van der Waals surface area (Å²) in [5.74, 6) is -1.17. The Morgan fingerprint density at radius 1 is 0.854 bits per heavy atom. The molecule has 202 valence electrons. The molecule has 4 aromatic rings. The van der Waals surface area contributed by atoms with Crippen LogP contribution in [0.15, 0.2) is 108 Å². The van der Waals surface area contributed by atoms with Crippen LogP contribution in [0.2, 0.25) is 0 Å². The lowest BCUT2D eigenvalue weighted by Crippen LogP contribution is -2.51. The number of halogens is 1. The van der Waals surface area contributed by atoms with Crippen LogP contribution >= 0.6 is 15.9 Å². The smallest absolute Gasteiger partial charge is 0.238 e. The van der Waals surface area contributed by atoms with Crippen molar-refractivity contribution in [2.24, 2.45) is 5.92 Å². The average molecular weight is 605 g/mol. The van der Waals surface area contributed by atoms with E-state index in [1.807, 2.05) is 77.7 Å². The zero-order valence-electron chi connectivity index (χ0n) is 22.1. The summed E-state index contributed by atoms with van der Waals surface area (Å²) < 4.78 is 6.17. The average Bonchev–Trinajstić information content (AvgIpc) is 3.49. The molecular weight excluding hydrogens is 580 g/mol. The number of ketones is 2. The van der Waals surface area contributed by atoms with Crippen LogP contribution in [0.1, 0.15) is 31.8 Å². The van der Waals surface area contributed by atoms with Gasteiger partial charge in [0.2, 0.25) is 5.91 Å². The third-order valence-electron chi connectivity index (χ3n) is 8.60. The van der Waals surface area contributed by atoms with Crippen LogP contribution in [0, 0.1) is 5.92 Å². The Morgan fingerprint density at radius 3 is 2.27 bits per heavy atom. The van der Waals surface area contributed by atoms with Gasteiger partial charge in [0.25, 0.3) is 0 Å². The zero-order valence-corrected chi connectivity index (χ0v) is 23.7. The third kappa shape index (κ3) is 3.65. The summed E-state index contributed by atoms with van der Waals surface area (Å²) in [6.45, 7) is 0. The van der Waals surface area contributed by atoms with E-state index < -0.39 is 23.4 Å². The maximum atomic E-state index is 14.8. The zero-order chi connectivity index (χ0) is 28.3. The number of amides is 1. The van der Waals surface area contributed by atoms with Crippen molar-refractivity contribution in [3.8, 4) is 5.75 Å². The van der Waals surface area contributed by atoms with Crippen molar-refractivity contribution in [1.29, 1.82) is 0 Å². The van der Waals surface area contributed by atoms with Gasteiger partial charge in [0.05, 0.1) is 19.1 Å². The summed E-state index contributed by atoms with van der Waals surface area (Å²) in [5, 5.41) is 3.06. The van der Waals surface area contributed by atoms with Gasteiger partial charge in [0, 0.05) is 27.0 Å². The molecule has 0 bridgehead atoms. The number of para-hydroxylation sites is 2. The van der Waals surface area contributed by atoms with Crippen LogP contribution in [0.5, 0.6) is 5.75 Å². The fourth-order valence-electron chi connectivity index (χ4n) is 6.84. The summed E-state index contributed by atoms with van der Waals surface area (Å²) in [7, 11) is 1.57. The molecule has 7 rings (SSSR count). The van der Waals surface area contributed by atoms with Gasteiger partial charge in [0.1, 0.15) is 17.2 Å². The molecule has 6 nitrogen and oxygen atoms in total. The van der Waals surface area contributed by atoms with Crippen molar-refractivity contribution in [1.82, 2.24) is 0 Å². The number of ether oxygens (including phenoxy) is 1. The highest BCUT2D eigenvalue weighted by Crippen LogP contribution is 2.58. The Hall–Kier alpha value is -4.49. The van der Waals surface area contributed by atoms with Crippen molar-refractivity contribution in [2.45, 2.75) is 17.5 Å². The van der Waals surface area contributed by atoms with Crippen LogP contribution in [0.4, 0.5) is 11.4 Å². The Kier molecular flexibility index (Phi) is 5.94. The van der Waals surface area contributed by atoms with E-state index in [1.54, 1.807) is 43.5 Å². The highest BCUT2D eigenvalue weighted by atomic mass is 79.9. The molecule has 1 spiro atoms. The maximum Gasteiger partial charge on any atom is 0.238 e. The molecule has 1 N–H and O–H groups in total. The largest absolute Gasteiger partial charge is 0.497 e. The summed E-state index contributed by atoms with van der Waals surface area (Å²) in [4.78, 5) is 45.8. The van der Waals surface area contributed by atoms with E-state index in [0.717, 1.165) is 21.3 Å². The second kappa shape index (κ2) is 9.56. The van der Waals surface area contributed by atoms with Gasteiger partial charge in [-0.2, -0.15) is 0 Å². The van der Waals surface area contributed by atoms with Crippen LogP contribution in [0.25, 0.3) is 6.08 Å².